The predicted octanol–water partition coefficient (Wildman–Crippen LogP) is 5.16. The maximum Gasteiger partial charge on any atom is 0.490 e. The fraction of sp³-hybridized carbons (Fsp3) is 0.393. The quantitative estimate of drug-likeness (QED) is 0.246. The van der Waals surface area contributed by atoms with Crippen LogP contribution in [0.2, 0.25) is 5.02 Å². The van der Waals surface area contributed by atoms with Gasteiger partial charge in [0.05, 0.1) is 11.0 Å². The molecule has 4 aromatic rings. The van der Waals surface area contributed by atoms with Crippen LogP contribution in [0.4, 0.5) is 26.3 Å². The van der Waals surface area contributed by atoms with E-state index in [1.165, 1.54) is 5.56 Å². The third-order valence-corrected chi connectivity index (χ3v) is 6.83. The Hall–Kier alpha value is -4.38. The van der Waals surface area contributed by atoms with E-state index in [2.05, 4.69) is 40.3 Å². The number of pyridine rings is 1. The van der Waals surface area contributed by atoms with Crippen molar-refractivity contribution in [2.75, 3.05) is 20.1 Å². The second-order valence-electron chi connectivity index (χ2n) is 11.1. The smallest absolute Gasteiger partial charge is 0.475 e. The van der Waals surface area contributed by atoms with Crippen molar-refractivity contribution in [1.82, 2.24) is 29.4 Å². The molecule has 0 atom stereocenters. The second kappa shape index (κ2) is 13.5. The number of carboxylic acid groups (broad SMARTS) is 2. The molecule has 5 rings (SSSR count). The van der Waals surface area contributed by atoms with Gasteiger partial charge in [-0.2, -0.15) is 26.3 Å². The van der Waals surface area contributed by atoms with Gasteiger partial charge in [-0.05, 0) is 53.8 Å². The number of alkyl halides is 6. The lowest BCUT2D eigenvalue weighted by Crippen LogP contribution is -2.52. The minimum absolute atomic E-state index is 0.134. The van der Waals surface area contributed by atoms with E-state index in [1.54, 1.807) is 7.05 Å². The molecule has 0 saturated carbocycles. The number of aryl methyl sites for hydroxylation is 1. The number of carbonyl (C=O) groups excluding carboxylic acids is 1. The molecule has 0 radical (unpaired) electrons. The first-order valence-corrected chi connectivity index (χ1v) is 13.7. The van der Waals surface area contributed by atoms with Crippen LogP contribution in [0.25, 0.3) is 16.7 Å². The molecular formula is C28H29ClF6N6O5. The SMILES string of the molecule is CNC(=O)c1cc2c(ccc3nnc(C)n32)n1Cc1cc(Cl)cc(CN2CC(C)(C)C2)c1.O=C(O)C(F)(F)F.O=C(O)C(F)(F)F. The van der Waals surface area contributed by atoms with Gasteiger partial charge >= 0.3 is 24.3 Å². The second-order valence-corrected chi connectivity index (χ2v) is 11.6. The molecule has 0 unspecified atom stereocenters. The number of hydrogen-bond acceptors (Lipinski definition) is 6. The summed E-state index contributed by atoms with van der Waals surface area (Å²) in [5, 5.41) is 26.1. The molecule has 1 fully saturated rings. The zero-order valence-electron chi connectivity index (χ0n) is 24.8. The molecule has 1 amide bonds. The van der Waals surface area contributed by atoms with E-state index in [1.807, 2.05) is 46.2 Å². The zero-order valence-corrected chi connectivity index (χ0v) is 25.5. The molecule has 1 aliphatic heterocycles. The van der Waals surface area contributed by atoms with E-state index < -0.39 is 24.3 Å². The van der Waals surface area contributed by atoms with Crippen LogP contribution in [0.15, 0.2) is 36.4 Å². The van der Waals surface area contributed by atoms with E-state index in [-0.39, 0.29) is 5.91 Å². The van der Waals surface area contributed by atoms with Gasteiger partial charge in [0, 0.05) is 38.2 Å². The lowest BCUT2D eigenvalue weighted by Gasteiger charge is -2.46. The third-order valence-electron chi connectivity index (χ3n) is 6.61. The first-order chi connectivity index (χ1) is 21.1. The largest absolute Gasteiger partial charge is 0.490 e. The Morgan fingerprint density at radius 1 is 0.891 bits per heavy atom. The minimum atomic E-state index is -5.08. The van der Waals surface area contributed by atoms with Gasteiger partial charge in [0.15, 0.2) is 5.65 Å². The highest BCUT2D eigenvalue weighted by Crippen LogP contribution is 2.31. The highest BCUT2D eigenvalue weighted by Gasteiger charge is 2.39. The molecule has 1 aromatic carbocycles. The van der Waals surface area contributed by atoms with Crippen LogP contribution in [-0.2, 0) is 22.7 Å². The van der Waals surface area contributed by atoms with Crippen molar-refractivity contribution in [2.24, 2.45) is 5.41 Å². The van der Waals surface area contributed by atoms with E-state index in [4.69, 9.17) is 31.4 Å². The van der Waals surface area contributed by atoms with Crippen molar-refractivity contribution in [1.29, 1.82) is 0 Å². The summed E-state index contributed by atoms with van der Waals surface area (Å²) in [5.74, 6) is -4.86. The standard InChI is InChI=1S/C24H27ClN6O.2C2HF3O2/c1-15-27-28-22-6-5-19-20(31(15)22)10-21(23(32)26-4)30(19)12-17-7-16(8-18(25)9-17)11-29-13-24(2,3)14-29;2*3-2(4,5)1(6)7/h5-10H,11-14H2,1-4H3,(H,26,32);2*(H,6,7). The predicted molar refractivity (Wildman–Crippen MR) is 154 cm³/mol. The Bertz CT molecular complexity index is 1730. The number of aliphatic carboxylic acids is 2. The van der Waals surface area contributed by atoms with E-state index in [0.717, 1.165) is 47.7 Å². The molecule has 250 valence electrons. The van der Waals surface area contributed by atoms with Crippen molar-refractivity contribution in [3.8, 4) is 0 Å². The average Bonchev–Trinajstić information content (AvgIpc) is 3.46. The van der Waals surface area contributed by atoms with Gasteiger partial charge in [-0.15, -0.1) is 10.2 Å². The van der Waals surface area contributed by atoms with Crippen molar-refractivity contribution >= 4 is 46.1 Å². The van der Waals surface area contributed by atoms with Gasteiger partial charge in [0.1, 0.15) is 11.5 Å². The molecule has 4 heterocycles. The molecular weight excluding hydrogens is 650 g/mol. The highest BCUT2D eigenvalue weighted by atomic mass is 35.5. The average molecular weight is 679 g/mol. The van der Waals surface area contributed by atoms with Gasteiger partial charge < -0.3 is 20.1 Å². The number of likely N-dealkylation sites (tertiary alicyclic amines) is 1. The number of benzene rings is 1. The summed E-state index contributed by atoms with van der Waals surface area (Å²) in [7, 11) is 1.65. The Kier molecular flexibility index (Phi) is 10.6. The fourth-order valence-corrected chi connectivity index (χ4v) is 5.23. The number of hydrogen-bond donors (Lipinski definition) is 3. The van der Waals surface area contributed by atoms with E-state index in [0.29, 0.717) is 22.7 Å². The summed E-state index contributed by atoms with van der Waals surface area (Å²) in [6.45, 7) is 10.1. The van der Waals surface area contributed by atoms with E-state index >= 15 is 0 Å². The lowest BCUT2D eigenvalue weighted by molar-refractivity contribution is -0.193. The van der Waals surface area contributed by atoms with Crippen LogP contribution in [0.3, 0.4) is 0 Å². The number of carboxylic acids is 2. The Morgan fingerprint density at radius 3 is 1.89 bits per heavy atom. The number of amides is 1. The topological polar surface area (TPSA) is 142 Å². The maximum absolute atomic E-state index is 12.7. The summed E-state index contributed by atoms with van der Waals surface area (Å²) in [5.41, 5.74) is 5.86. The maximum atomic E-state index is 12.7. The Balaban J connectivity index is 0.000000345. The molecule has 1 aliphatic rings. The minimum Gasteiger partial charge on any atom is -0.475 e. The van der Waals surface area contributed by atoms with Crippen LogP contribution in [0.5, 0.6) is 0 Å². The number of fused-ring (bicyclic) bond motifs is 3. The summed E-state index contributed by atoms with van der Waals surface area (Å²) >= 11 is 6.50. The number of rotatable bonds is 5. The van der Waals surface area contributed by atoms with Gasteiger partial charge in [-0.25, -0.2) is 9.59 Å². The summed E-state index contributed by atoms with van der Waals surface area (Å²) < 4.78 is 67.5. The van der Waals surface area contributed by atoms with Crippen LogP contribution >= 0.6 is 11.6 Å². The molecule has 0 bridgehead atoms. The molecule has 18 heteroatoms. The fourth-order valence-electron chi connectivity index (χ4n) is 4.95. The number of halogens is 7. The van der Waals surface area contributed by atoms with Gasteiger partial charge in [-0.1, -0.05) is 31.5 Å². The van der Waals surface area contributed by atoms with Crippen molar-refractivity contribution in [3.63, 3.8) is 0 Å². The first kappa shape index (κ1) is 36.1. The van der Waals surface area contributed by atoms with Crippen LogP contribution < -0.4 is 5.32 Å². The van der Waals surface area contributed by atoms with Crippen molar-refractivity contribution < 1.29 is 50.9 Å². The van der Waals surface area contributed by atoms with Crippen molar-refractivity contribution in [2.45, 2.75) is 46.2 Å². The van der Waals surface area contributed by atoms with Crippen LogP contribution in [0, 0.1) is 12.3 Å². The summed E-state index contributed by atoms with van der Waals surface area (Å²) in [6, 6.07) is 12.0. The monoisotopic (exact) mass is 678 g/mol. The normalized spacial score (nSPS) is 14.5. The molecule has 0 aliphatic carbocycles. The number of aromatic nitrogens is 4. The van der Waals surface area contributed by atoms with Gasteiger partial charge in [0.2, 0.25) is 0 Å². The Morgan fingerprint density at radius 2 is 1.41 bits per heavy atom. The van der Waals surface area contributed by atoms with E-state index in [9.17, 15) is 31.1 Å². The van der Waals surface area contributed by atoms with Gasteiger partial charge in [-0.3, -0.25) is 14.1 Å². The van der Waals surface area contributed by atoms with Crippen LogP contribution in [0.1, 0.15) is 41.3 Å². The van der Waals surface area contributed by atoms with Crippen molar-refractivity contribution in [3.05, 3.63) is 64.1 Å². The summed E-state index contributed by atoms with van der Waals surface area (Å²) in [4.78, 5) is 33.0. The molecule has 0 spiro atoms. The highest BCUT2D eigenvalue weighted by molar-refractivity contribution is 6.30. The third kappa shape index (κ3) is 8.87. The lowest BCUT2D eigenvalue weighted by atomic mass is 9.84. The zero-order chi connectivity index (χ0) is 34.8. The number of nitrogens with zero attached hydrogens (tertiary/aromatic N) is 5. The molecule has 3 N–H and O–H groups in total. The van der Waals surface area contributed by atoms with Gasteiger partial charge in [0.25, 0.3) is 5.91 Å². The number of carbonyl (C=O) groups is 3. The molecule has 3 aromatic heterocycles. The molecule has 11 nitrogen and oxygen atoms in total. The molecule has 46 heavy (non-hydrogen) atoms. The van der Waals surface area contributed by atoms with Crippen LogP contribution in [-0.4, -0.2) is 84.6 Å². The first-order valence-electron chi connectivity index (χ1n) is 13.3. The summed E-state index contributed by atoms with van der Waals surface area (Å²) in [6.07, 6.45) is -10.2. The Labute approximate surface area is 262 Å². The number of nitrogens with one attached hydrogen (secondary N) is 1. The molecule has 1 saturated heterocycles.